The van der Waals surface area contributed by atoms with Crippen molar-refractivity contribution >= 4 is 22.6 Å². The minimum Gasteiger partial charge on any atom is -0.480 e. The summed E-state index contributed by atoms with van der Waals surface area (Å²) in [7, 11) is 1.68. The first-order valence-electron chi connectivity index (χ1n) is 8.52. The predicted octanol–water partition coefficient (Wildman–Crippen LogP) is 4.32. The number of nitrogens with zero attached hydrogens (tertiary/aromatic N) is 1. The molecule has 0 radical (unpaired) electrons. The number of aliphatic carboxylic acids is 1. The van der Waals surface area contributed by atoms with E-state index < -0.39 is 11.6 Å². The van der Waals surface area contributed by atoms with E-state index in [4.69, 9.17) is 9.52 Å². The number of carboxylic acid groups (broad SMARTS) is 1. The smallest absolute Gasteiger partial charge is 0.336 e. The largest absolute Gasteiger partial charge is 0.480 e. The average Bonchev–Trinajstić information content (AvgIpc) is 2.62. The van der Waals surface area contributed by atoms with Gasteiger partial charge in [0.05, 0.1) is 0 Å². The molecule has 2 aromatic carbocycles. The number of carbonyl (C=O) groups is 1. The summed E-state index contributed by atoms with van der Waals surface area (Å²) in [5, 5.41) is 9.73. The van der Waals surface area contributed by atoms with Gasteiger partial charge < -0.3 is 14.4 Å². The molecule has 1 N–H and O–H groups in total. The minimum absolute atomic E-state index is 0.132. The van der Waals surface area contributed by atoms with E-state index in [1.807, 2.05) is 57.2 Å². The fourth-order valence-corrected chi connectivity index (χ4v) is 2.78. The molecular formula is C21H23NO4. The second-order valence-electron chi connectivity index (χ2n) is 5.72. The van der Waals surface area contributed by atoms with Gasteiger partial charge in [-0.15, -0.1) is 0 Å². The molecule has 136 valence electrons. The van der Waals surface area contributed by atoms with Crippen LogP contribution in [-0.4, -0.2) is 24.7 Å². The molecule has 0 saturated heterocycles. The van der Waals surface area contributed by atoms with Gasteiger partial charge in [0.15, 0.2) is 0 Å². The predicted molar refractivity (Wildman–Crippen MR) is 105 cm³/mol. The number of benzene rings is 2. The van der Waals surface area contributed by atoms with Gasteiger partial charge in [0.1, 0.15) is 12.1 Å². The van der Waals surface area contributed by atoms with Crippen molar-refractivity contribution in [3.63, 3.8) is 0 Å². The first-order chi connectivity index (χ1) is 12.5. The molecule has 0 aliphatic heterocycles. The van der Waals surface area contributed by atoms with Crippen LogP contribution in [0, 0.1) is 6.92 Å². The molecule has 0 unspecified atom stereocenters. The molecule has 0 aliphatic carbocycles. The first-order valence-corrected chi connectivity index (χ1v) is 8.52. The van der Waals surface area contributed by atoms with Crippen molar-refractivity contribution in [1.29, 1.82) is 0 Å². The molecule has 26 heavy (non-hydrogen) atoms. The van der Waals surface area contributed by atoms with Crippen molar-refractivity contribution in [3.05, 3.63) is 64.5 Å². The highest BCUT2D eigenvalue weighted by Gasteiger charge is 2.12. The molecule has 0 bridgehead atoms. The van der Waals surface area contributed by atoms with Gasteiger partial charge in [-0.2, -0.15) is 0 Å². The molecule has 0 aliphatic rings. The van der Waals surface area contributed by atoms with Crippen LogP contribution in [0.2, 0.25) is 0 Å². The number of hydrogen-bond donors (Lipinski definition) is 1. The van der Waals surface area contributed by atoms with Crippen molar-refractivity contribution < 1.29 is 14.3 Å². The highest BCUT2D eigenvalue weighted by Crippen LogP contribution is 2.31. The lowest BCUT2D eigenvalue weighted by Crippen LogP contribution is -2.24. The maximum Gasteiger partial charge on any atom is 0.336 e. The summed E-state index contributed by atoms with van der Waals surface area (Å²) in [4.78, 5) is 24.4. The van der Waals surface area contributed by atoms with Crippen LogP contribution in [0.25, 0.3) is 22.1 Å². The molecule has 3 aromatic rings. The van der Waals surface area contributed by atoms with E-state index in [0.29, 0.717) is 11.3 Å². The van der Waals surface area contributed by atoms with Crippen LogP contribution >= 0.6 is 0 Å². The number of rotatable bonds is 4. The van der Waals surface area contributed by atoms with Crippen LogP contribution in [0.15, 0.2) is 57.7 Å². The van der Waals surface area contributed by atoms with Crippen molar-refractivity contribution in [2.24, 2.45) is 0 Å². The fourth-order valence-electron chi connectivity index (χ4n) is 2.78. The zero-order valence-corrected chi connectivity index (χ0v) is 15.4. The number of likely N-dealkylation sites (N-methyl/N-ethyl adjacent to an activating group) is 1. The van der Waals surface area contributed by atoms with Gasteiger partial charge in [-0.05, 0) is 30.2 Å². The van der Waals surface area contributed by atoms with E-state index in [2.05, 4.69) is 0 Å². The number of aryl methyl sites for hydroxylation is 1. The van der Waals surface area contributed by atoms with Crippen molar-refractivity contribution in [3.8, 4) is 11.1 Å². The molecule has 0 amide bonds. The maximum absolute atomic E-state index is 12.0. The van der Waals surface area contributed by atoms with Crippen molar-refractivity contribution in [2.45, 2.75) is 20.8 Å². The summed E-state index contributed by atoms with van der Waals surface area (Å²) in [5.41, 5.74) is 3.54. The van der Waals surface area contributed by atoms with Crippen molar-refractivity contribution in [2.75, 3.05) is 18.5 Å². The van der Waals surface area contributed by atoms with Crippen LogP contribution in [0.1, 0.15) is 19.4 Å². The van der Waals surface area contributed by atoms with Gasteiger partial charge in [0, 0.05) is 35.8 Å². The van der Waals surface area contributed by atoms with Crippen LogP contribution in [-0.2, 0) is 4.79 Å². The lowest BCUT2D eigenvalue weighted by Gasteiger charge is -2.17. The summed E-state index contributed by atoms with van der Waals surface area (Å²) in [6.07, 6.45) is 0. The third-order valence-electron chi connectivity index (χ3n) is 3.98. The SMILES string of the molecule is CC.Cc1ccccc1-c1cc(=O)oc2cc(N(C)CC(=O)O)ccc12. The normalized spacial score (nSPS) is 10.2. The van der Waals surface area contributed by atoms with E-state index in [1.54, 1.807) is 18.0 Å². The summed E-state index contributed by atoms with van der Waals surface area (Å²) in [6.45, 7) is 5.86. The van der Waals surface area contributed by atoms with E-state index in [0.717, 1.165) is 22.1 Å². The monoisotopic (exact) mass is 353 g/mol. The van der Waals surface area contributed by atoms with Crippen LogP contribution < -0.4 is 10.5 Å². The Bertz CT molecular complexity index is 975. The average molecular weight is 353 g/mol. The van der Waals surface area contributed by atoms with E-state index in [1.165, 1.54) is 6.07 Å². The Labute approximate surface area is 152 Å². The summed E-state index contributed by atoms with van der Waals surface area (Å²) >= 11 is 0. The molecule has 5 heteroatoms. The number of hydrogen-bond acceptors (Lipinski definition) is 4. The standard InChI is InChI=1S/C19H17NO4.C2H6/c1-12-5-3-4-6-14(12)16-10-19(23)24-17-9-13(7-8-15(16)17)20(2)11-18(21)22;1-2/h3-10H,11H2,1-2H3,(H,21,22);1-2H3. The summed E-state index contributed by atoms with van der Waals surface area (Å²) in [6, 6.07) is 14.7. The van der Waals surface area contributed by atoms with Crippen molar-refractivity contribution in [1.82, 2.24) is 0 Å². The van der Waals surface area contributed by atoms with Crippen LogP contribution in [0.4, 0.5) is 5.69 Å². The zero-order valence-electron chi connectivity index (χ0n) is 15.4. The number of anilines is 1. The van der Waals surface area contributed by atoms with Gasteiger partial charge >= 0.3 is 11.6 Å². The van der Waals surface area contributed by atoms with E-state index in [9.17, 15) is 9.59 Å². The first kappa shape index (κ1) is 19.2. The molecule has 1 heterocycles. The minimum atomic E-state index is -0.923. The quantitative estimate of drug-likeness (QED) is 0.708. The summed E-state index contributed by atoms with van der Waals surface area (Å²) < 4.78 is 5.33. The lowest BCUT2D eigenvalue weighted by molar-refractivity contribution is -0.135. The highest BCUT2D eigenvalue weighted by atomic mass is 16.4. The molecule has 5 nitrogen and oxygen atoms in total. The second kappa shape index (κ2) is 8.34. The Kier molecular flexibility index (Phi) is 6.17. The lowest BCUT2D eigenvalue weighted by atomic mass is 9.98. The second-order valence-corrected chi connectivity index (χ2v) is 5.72. The zero-order chi connectivity index (χ0) is 19.3. The van der Waals surface area contributed by atoms with Gasteiger partial charge in [0.2, 0.25) is 0 Å². The Morgan fingerprint density at radius 1 is 1.08 bits per heavy atom. The fraction of sp³-hybridized carbons (Fsp3) is 0.238. The Morgan fingerprint density at radius 3 is 2.42 bits per heavy atom. The number of carboxylic acids is 1. The molecule has 0 spiro atoms. The Hall–Kier alpha value is -3.08. The molecule has 1 aromatic heterocycles. The molecule has 0 fully saturated rings. The van der Waals surface area contributed by atoms with E-state index >= 15 is 0 Å². The summed E-state index contributed by atoms with van der Waals surface area (Å²) in [5.74, 6) is -0.923. The van der Waals surface area contributed by atoms with Gasteiger partial charge in [0.25, 0.3) is 0 Å². The van der Waals surface area contributed by atoms with Crippen LogP contribution in [0.5, 0.6) is 0 Å². The highest BCUT2D eigenvalue weighted by molar-refractivity contribution is 5.95. The third-order valence-corrected chi connectivity index (χ3v) is 3.98. The molecular weight excluding hydrogens is 330 g/mol. The Balaban J connectivity index is 0.00000117. The topological polar surface area (TPSA) is 70.8 Å². The van der Waals surface area contributed by atoms with Gasteiger partial charge in [-0.25, -0.2) is 4.79 Å². The van der Waals surface area contributed by atoms with Gasteiger partial charge in [-0.3, -0.25) is 4.79 Å². The third kappa shape index (κ3) is 4.11. The van der Waals surface area contributed by atoms with Gasteiger partial charge in [-0.1, -0.05) is 38.1 Å². The van der Waals surface area contributed by atoms with E-state index in [-0.39, 0.29) is 6.54 Å². The molecule has 3 rings (SSSR count). The number of fused-ring (bicyclic) bond motifs is 1. The molecule has 0 saturated carbocycles. The maximum atomic E-state index is 12.0. The van der Waals surface area contributed by atoms with Crippen LogP contribution in [0.3, 0.4) is 0 Å². The Morgan fingerprint density at radius 2 is 1.77 bits per heavy atom. The molecule has 0 atom stereocenters.